The number of hydrogen-bond donors (Lipinski definition) is 2. The third-order valence-electron chi connectivity index (χ3n) is 4.11. The van der Waals surface area contributed by atoms with E-state index in [4.69, 9.17) is 5.73 Å². The number of nitrogens with two attached hydrogens (primary N) is 1. The van der Waals surface area contributed by atoms with Crippen LogP contribution in [-0.4, -0.2) is 36.3 Å². The molecule has 10 heteroatoms. The Morgan fingerprint density at radius 2 is 2.04 bits per heavy atom. The Balaban J connectivity index is 0.00000225. The number of carbonyl (C=O) groups excluding carboxylic acids is 2. The lowest BCUT2D eigenvalue weighted by Gasteiger charge is -2.19. The maximum absolute atomic E-state index is 12.4. The van der Waals surface area contributed by atoms with Crippen molar-refractivity contribution < 1.29 is 27.5 Å². The highest BCUT2D eigenvalue weighted by Crippen LogP contribution is 2.33. The average Bonchev–Trinajstić information content (AvgIpc) is 3.14. The minimum absolute atomic E-state index is 0. The van der Waals surface area contributed by atoms with E-state index in [0.29, 0.717) is 19.3 Å². The van der Waals surface area contributed by atoms with Gasteiger partial charge in [-0.1, -0.05) is 6.07 Å². The van der Waals surface area contributed by atoms with E-state index in [1.807, 2.05) is 0 Å². The standard InChI is InChI=1S/C15H16F3N3O3.ClH/c16-15(17,18)24-10-3-1-2-9(8-10)21-7-4-11(12(21)22)20-13(23)14(19)5-6-14;/h1-3,8,11H,4-7,19H2,(H,20,23);1H. The molecule has 1 heterocycles. The SMILES string of the molecule is Cl.NC1(C(=O)NC2CCN(c3cccc(OC(F)(F)F)c3)C2=O)CC1. The molecule has 138 valence electrons. The highest BCUT2D eigenvalue weighted by atomic mass is 35.5. The fraction of sp³-hybridized carbons (Fsp3) is 0.467. The Morgan fingerprint density at radius 3 is 2.64 bits per heavy atom. The quantitative estimate of drug-likeness (QED) is 0.834. The molecule has 1 aromatic rings. The first-order valence-corrected chi connectivity index (χ1v) is 7.45. The number of nitrogens with one attached hydrogen (secondary N) is 1. The third kappa shape index (κ3) is 4.35. The van der Waals surface area contributed by atoms with Crippen LogP contribution in [0.1, 0.15) is 19.3 Å². The van der Waals surface area contributed by atoms with Crippen LogP contribution >= 0.6 is 12.4 Å². The summed E-state index contributed by atoms with van der Waals surface area (Å²) in [5.74, 6) is -1.15. The van der Waals surface area contributed by atoms with Crippen molar-refractivity contribution in [1.29, 1.82) is 0 Å². The van der Waals surface area contributed by atoms with Crippen molar-refractivity contribution >= 4 is 29.9 Å². The number of halogens is 4. The fourth-order valence-corrected chi connectivity index (χ4v) is 2.58. The largest absolute Gasteiger partial charge is 0.573 e. The van der Waals surface area contributed by atoms with E-state index in [9.17, 15) is 22.8 Å². The first-order chi connectivity index (χ1) is 11.2. The minimum atomic E-state index is -4.80. The summed E-state index contributed by atoms with van der Waals surface area (Å²) in [4.78, 5) is 25.6. The molecule has 1 atom stereocenters. The maximum atomic E-state index is 12.4. The van der Waals surface area contributed by atoms with Crippen LogP contribution in [0.25, 0.3) is 0 Å². The molecular weight excluding hydrogens is 363 g/mol. The topological polar surface area (TPSA) is 84.7 Å². The van der Waals surface area contributed by atoms with E-state index in [1.54, 1.807) is 0 Å². The van der Waals surface area contributed by atoms with Gasteiger partial charge in [0.2, 0.25) is 11.8 Å². The van der Waals surface area contributed by atoms with E-state index >= 15 is 0 Å². The number of rotatable bonds is 4. The smallest absolute Gasteiger partial charge is 0.406 e. The summed E-state index contributed by atoms with van der Waals surface area (Å²) >= 11 is 0. The molecule has 1 saturated carbocycles. The van der Waals surface area contributed by atoms with Gasteiger partial charge in [0.05, 0.1) is 5.54 Å². The molecule has 0 radical (unpaired) electrons. The number of nitrogens with zero attached hydrogens (tertiary/aromatic N) is 1. The van der Waals surface area contributed by atoms with E-state index < -0.39 is 23.7 Å². The molecule has 1 aromatic carbocycles. The van der Waals surface area contributed by atoms with Crippen molar-refractivity contribution in [2.24, 2.45) is 5.73 Å². The van der Waals surface area contributed by atoms with Crippen LogP contribution in [-0.2, 0) is 9.59 Å². The van der Waals surface area contributed by atoms with Gasteiger partial charge in [0, 0.05) is 18.3 Å². The second-order valence-electron chi connectivity index (χ2n) is 6.01. The maximum Gasteiger partial charge on any atom is 0.573 e. The van der Waals surface area contributed by atoms with Gasteiger partial charge in [0.1, 0.15) is 11.8 Å². The number of amides is 2. The summed E-state index contributed by atoms with van der Waals surface area (Å²) in [5, 5.41) is 2.62. The summed E-state index contributed by atoms with van der Waals surface area (Å²) in [6.07, 6.45) is -3.27. The van der Waals surface area contributed by atoms with Gasteiger partial charge in [-0.15, -0.1) is 25.6 Å². The van der Waals surface area contributed by atoms with Crippen molar-refractivity contribution in [2.75, 3.05) is 11.4 Å². The van der Waals surface area contributed by atoms with Gasteiger partial charge >= 0.3 is 6.36 Å². The number of alkyl halides is 3. The normalized spacial score (nSPS) is 21.5. The predicted molar refractivity (Wildman–Crippen MR) is 85.4 cm³/mol. The summed E-state index contributed by atoms with van der Waals surface area (Å²) in [6, 6.07) is 4.46. The summed E-state index contributed by atoms with van der Waals surface area (Å²) < 4.78 is 40.7. The Hall–Kier alpha value is -2.00. The monoisotopic (exact) mass is 379 g/mol. The van der Waals surface area contributed by atoms with Gasteiger partial charge in [-0.05, 0) is 31.4 Å². The van der Waals surface area contributed by atoms with Crippen LogP contribution < -0.4 is 20.7 Å². The Bertz CT molecular complexity index is 679. The van der Waals surface area contributed by atoms with Gasteiger partial charge in [-0.2, -0.15) is 0 Å². The zero-order chi connectivity index (χ0) is 17.5. The Labute approximate surface area is 147 Å². The van der Waals surface area contributed by atoms with E-state index in [0.717, 1.165) is 12.1 Å². The second kappa shape index (κ2) is 6.72. The molecule has 3 rings (SSSR count). The highest BCUT2D eigenvalue weighted by Gasteiger charge is 2.47. The molecule has 2 amide bonds. The van der Waals surface area contributed by atoms with E-state index in [1.165, 1.54) is 17.0 Å². The molecule has 3 N–H and O–H groups in total. The van der Waals surface area contributed by atoms with Gasteiger partial charge in [0.15, 0.2) is 0 Å². The first kappa shape index (κ1) is 19.3. The Morgan fingerprint density at radius 1 is 1.36 bits per heavy atom. The molecule has 1 saturated heterocycles. The Kier molecular flexibility index (Phi) is 5.19. The van der Waals surface area contributed by atoms with Gasteiger partial charge in [-0.25, -0.2) is 0 Å². The molecule has 2 fully saturated rings. The van der Waals surface area contributed by atoms with Gasteiger partial charge in [0.25, 0.3) is 0 Å². The molecule has 6 nitrogen and oxygen atoms in total. The van der Waals surface area contributed by atoms with Gasteiger partial charge in [-0.3, -0.25) is 9.59 Å². The van der Waals surface area contributed by atoms with Crippen LogP contribution in [0.4, 0.5) is 18.9 Å². The van der Waals surface area contributed by atoms with Crippen molar-refractivity contribution in [3.05, 3.63) is 24.3 Å². The van der Waals surface area contributed by atoms with Crippen LogP contribution in [0.15, 0.2) is 24.3 Å². The fourth-order valence-electron chi connectivity index (χ4n) is 2.58. The lowest BCUT2D eigenvalue weighted by atomic mass is 10.2. The number of ether oxygens (including phenoxy) is 1. The third-order valence-corrected chi connectivity index (χ3v) is 4.11. The summed E-state index contributed by atoms with van der Waals surface area (Å²) in [5.41, 5.74) is 5.18. The zero-order valence-electron chi connectivity index (χ0n) is 13.0. The lowest BCUT2D eigenvalue weighted by Crippen LogP contribution is -2.49. The van der Waals surface area contributed by atoms with Crippen LogP contribution in [0.5, 0.6) is 5.75 Å². The summed E-state index contributed by atoms with van der Waals surface area (Å²) in [7, 11) is 0. The van der Waals surface area contributed by atoms with Crippen molar-refractivity contribution in [1.82, 2.24) is 5.32 Å². The first-order valence-electron chi connectivity index (χ1n) is 7.45. The van der Waals surface area contributed by atoms with Crippen molar-refractivity contribution in [3.63, 3.8) is 0 Å². The molecule has 25 heavy (non-hydrogen) atoms. The minimum Gasteiger partial charge on any atom is -0.406 e. The molecule has 1 aliphatic carbocycles. The van der Waals surface area contributed by atoms with Crippen molar-refractivity contribution in [3.8, 4) is 5.75 Å². The number of anilines is 1. The lowest BCUT2D eigenvalue weighted by molar-refractivity contribution is -0.274. The second-order valence-corrected chi connectivity index (χ2v) is 6.01. The average molecular weight is 380 g/mol. The molecule has 1 aliphatic heterocycles. The number of hydrogen-bond acceptors (Lipinski definition) is 4. The molecule has 0 bridgehead atoms. The van der Waals surface area contributed by atoms with Crippen molar-refractivity contribution in [2.45, 2.75) is 37.2 Å². The van der Waals surface area contributed by atoms with Crippen LogP contribution in [0, 0.1) is 0 Å². The number of carbonyl (C=O) groups is 2. The molecule has 0 spiro atoms. The zero-order valence-corrected chi connectivity index (χ0v) is 13.8. The molecule has 2 aliphatic rings. The van der Waals surface area contributed by atoms with E-state index in [2.05, 4.69) is 10.1 Å². The van der Waals surface area contributed by atoms with Crippen LogP contribution in [0.2, 0.25) is 0 Å². The number of benzene rings is 1. The molecule has 1 unspecified atom stereocenters. The summed E-state index contributed by atoms with van der Waals surface area (Å²) in [6.45, 7) is 0.289. The molecular formula is C15H17ClF3N3O3. The highest BCUT2D eigenvalue weighted by molar-refractivity contribution is 6.02. The van der Waals surface area contributed by atoms with E-state index in [-0.39, 0.29) is 36.5 Å². The van der Waals surface area contributed by atoms with Crippen LogP contribution in [0.3, 0.4) is 0 Å². The molecule has 0 aromatic heterocycles. The van der Waals surface area contributed by atoms with Gasteiger partial charge < -0.3 is 20.7 Å². The predicted octanol–water partition coefficient (Wildman–Crippen LogP) is 1.72.